The van der Waals surface area contributed by atoms with Gasteiger partial charge in [-0.05, 0) is 48.2 Å². The van der Waals surface area contributed by atoms with E-state index < -0.39 is 0 Å². The summed E-state index contributed by atoms with van der Waals surface area (Å²) >= 11 is 3.64. The predicted molar refractivity (Wildman–Crippen MR) is 127 cm³/mol. The number of nitrogens with zero attached hydrogens (tertiary/aromatic N) is 3. The van der Waals surface area contributed by atoms with Gasteiger partial charge < -0.3 is 15.0 Å². The van der Waals surface area contributed by atoms with Gasteiger partial charge >= 0.3 is 0 Å². The molecule has 1 fully saturated rings. The molecule has 1 aromatic heterocycles. The third-order valence-electron chi connectivity index (χ3n) is 4.90. The summed E-state index contributed by atoms with van der Waals surface area (Å²) in [7, 11) is 0. The Balaban J connectivity index is 1.37. The average molecular weight is 453 g/mol. The lowest BCUT2D eigenvalue weighted by atomic mass is 10.2. The van der Waals surface area contributed by atoms with E-state index in [-0.39, 0.29) is 5.91 Å². The normalized spacial score (nSPS) is 13.6. The zero-order valence-corrected chi connectivity index (χ0v) is 18.9. The standard InChI is InChI=1S/C23H24N4O2S2/c1-30-20-8-2-17(3-9-20)16-26-22(28)18-4-6-19(7-5-18)29-23-21(24-10-11-25-23)27-12-14-31-15-13-27/h2-11H,12-16H2,1H3,(H,26,28). The van der Waals surface area contributed by atoms with Gasteiger partial charge in [0.1, 0.15) is 5.75 Å². The van der Waals surface area contributed by atoms with Gasteiger partial charge in [0.25, 0.3) is 11.8 Å². The van der Waals surface area contributed by atoms with Crippen molar-refractivity contribution in [1.29, 1.82) is 0 Å². The minimum atomic E-state index is -0.119. The van der Waals surface area contributed by atoms with Crippen LogP contribution in [0.15, 0.2) is 65.8 Å². The smallest absolute Gasteiger partial charge is 0.263 e. The Morgan fingerprint density at radius 1 is 1.06 bits per heavy atom. The molecule has 4 rings (SSSR count). The van der Waals surface area contributed by atoms with Crippen LogP contribution in [0.4, 0.5) is 5.82 Å². The van der Waals surface area contributed by atoms with Crippen LogP contribution in [0.5, 0.6) is 11.6 Å². The number of hydrogen-bond acceptors (Lipinski definition) is 7. The van der Waals surface area contributed by atoms with Crippen molar-refractivity contribution in [3.05, 3.63) is 72.1 Å². The van der Waals surface area contributed by atoms with Gasteiger partial charge in [-0.2, -0.15) is 11.8 Å². The summed E-state index contributed by atoms with van der Waals surface area (Å²) in [6.07, 6.45) is 5.36. The van der Waals surface area contributed by atoms with E-state index in [1.807, 2.05) is 30.2 Å². The molecule has 3 aromatic rings. The average Bonchev–Trinajstić information content (AvgIpc) is 2.84. The molecule has 2 aromatic carbocycles. The number of thioether (sulfide) groups is 2. The fourth-order valence-electron chi connectivity index (χ4n) is 3.20. The zero-order chi connectivity index (χ0) is 21.5. The van der Waals surface area contributed by atoms with Crippen LogP contribution in [-0.4, -0.2) is 46.7 Å². The number of carbonyl (C=O) groups excluding carboxylic acids is 1. The molecule has 0 unspecified atom stereocenters. The molecule has 1 aliphatic rings. The van der Waals surface area contributed by atoms with Gasteiger partial charge in [-0.25, -0.2) is 9.97 Å². The molecule has 8 heteroatoms. The van der Waals surface area contributed by atoms with Gasteiger partial charge in [0.15, 0.2) is 5.82 Å². The third kappa shape index (κ3) is 5.71. The molecule has 0 spiro atoms. The van der Waals surface area contributed by atoms with Crippen LogP contribution in [0.2, 0.25) is 0 Å². The van der Waals surface area contributed by atoms with Crippen molar-refractivity contribution in [2.24, 2.45) is 0 Å². The molecular weight excluding hydrogens is 428 g/mol. The Labute approximate surface area is 190 Å². The molecule has 0 bridgehead atoms. The summed E-state index contributed by atoms with van der Waals surface area (Å²) in [6.45, 7) is 2.35. The lowest BCUT2D eigenvalue weighted by Gasteiger charge is -2.28. The molecule has 31 heavy (non-hydrogen) atoms. The van der Waals surface area contributed by atoms with Crippen LogP contribution in [0.1, 0.15) is 15.9 Å². The number of amides is 1. The van der Waals surface area contributed by atoms with Crippen LogP contribution in [0, 0.1) is 0 Å². The number of rotatable bonds is 7. The number of anilines is 1. The highest BCUT2D eigenvalue weighted by molar-refractivity contribution is 7.99. The fourth-order valence-corrected chi connectivity index (χ4v) is 4.51. The van der Waals surface area contributed by atoms with E-state index >= 15 is 0 Å². The van der Waals surface area contributed by atoms with E-state index in [2.05, 4.69) is 32.3 Å². The number of ether oxygens (including phenoxy) is 1. The number of carbonyl (C=O) groups is 1. The topological polar surface area (TPSA) is 67.3 Å². The fraction of sp³-hybridized carbons (Fsp3) is 0.261. The first-order valence-corrected chi connectivity index (χ1v) is 12.4. The van der Waals surface area contributed by atoms with E-state index in [1.165, 1.54) is 4.90 Å². The first-order valence-electron chi connectivity index (χ1n) is 10.1. The lowest BCUT2D eigenvalue weighted by molar-refractivity contribution is 0.0951. The highest BCUT2D eigenvalue weighted by Crippen LogP contribution is 2.29. The van der Waals surface area contributed by atoms with Gasteiger partial charge in [-0.1, -0.05) is 12.1 Å². The number of aromatic nitrogens is 2. The second-order valence-corrected chi connectivity index (χ2v) is 9.05. The molecule has 1 aliphatic heterocycles. The summed E-state index contributed by atoms with van der Waals surface area (Å²) in [4.78, 5) is 24.7. The van der Waals surface area contributed by atoms with Gasteiger partial charge in [-0.15, -0.1) is 11.8 Å². The Morgan fingerprint density at radius 3 is 2.48 bits per heavy atom. The van der Waals surface area contributed by atoms with E-state index in [0.29, 0.717) is 23.7 Å². The first-order chi connectivity index (χ1) is 15.2. The van der Waals surface area contributed by atoms with Gasteiger partial charge in [-0.3, -0.25) is 4.79 Å². The molecule has 0 saturated carbocycles. The maximum absolute atomic E-state index is 12.5. The summed E-state index contributed by atoms with van der Waals surface area (Å²) in [5, 5.41) is 2.96. The van der Waals surface area contributed by atoms with E-state index in [1.54, 1.807) is 48.4 Å². The summed E-state index contributed by atoms with van der Waals surface area (Å²) in [5.74, 6) is 3.89. The number of hydrogen-bond donors (Lipinski definition) is 1. The van der Waals surface area contributed by atoms with Crippen molar-refractivity contribution in [2.45, 2.75) is 11.4 Å². The Bertz CT molecular complexity index is 1010. The molecule has 0 aliphatic carbocycles. The van der Waals surface area contributed by atoms with Crippen molar-refractivity contribution in [2.75, 3.05) is 35.8 Å². The molecule has 1 N–H and O–H groups in total. The largest absolute Gasteiger partial charge is 0.436 e. The quantitative estimate of drug-likeness (QED) is 0.530. The van der Waals surface area contributed by atoms with E-state index in [4.69, 9.17) is 4.74 Å². The van der Waals surface area contributed by atoms with E-state index in [9.17, 15) is 4.79 Å². The monoisotopic (exact) mass is 452 g/mol. The van der Waals surface area contributed by atoms with Gasteiger partial charge in [0, 0.05) is 54.0 Å². The highest BCUT2D eigenvalue weighted by atomic mass is 32.2. The second kappa shape index (κ2) is 10.5. The number of benzene rings is 2. The summed E-state index contributed by atoms with van der Waals surface area (Å²) in [5.41, 5.74) is 1.65. The van der Waals surface area contributed by atoms with Crippen molar-refractivity contribution in [1.82, 2.24) is 15.3 Å². The predicted octanol–water partition coefficient (Wildman–Crippen LogP) is 4.47. The molecule has 1 amide bonds. The van der Waals surface area contributed by atoms with Crippen LogP contribution in [0.3, 0.4) is 0 Å². The van der Waals surface area contributed by atoms with Crippen LogP contribution in [-0.2, 0) is 6.54 Å². The highest BCUT2D eigenvalue weighted by Gasteiger charge is 2.18. The lowest BCUT2D eigenvalue weighted by Crippen LogP contribution is -2.33. The molecule has 0 atom stereocenters. The van der Waals surface area contributed by atoms with E-state index in [0.717, 1.165) is 36.0 Å². The van der Waals surface area contributed by atoms with Crippen molar-refractivity contribution < 1.29 is 9.53 Å². The second-order valence-electron chi connectivity index (χ2n) is 6.94. The van der Waals surface area contributed by atoms with Crippen LogP contribution in [0.25, 0.3) is 0 Å². The molecule has 0 radical (unpaired) electrons. The molecule has 6 nitrogen and oxygen atoms in total. The van der Waals surface area contributed by atoms with Gasteiger partial charge in [0.05, 0.1) is 0 Å². The third-order valence-corrected chi connectivity index (χ3v) is 6.59. The SMILES string of the molecule is CSc1ccc(CNC(=O)c2ccc(Oc3nccnc3N3CCSCC3)cc2)cc1. The molecule has 2 heterocycles. The van der Waals surface area contributed by atoms with Crippen molar-refractivity contribution >= 4 is 35.2 Å². The number of nitrogens with one attached hydrogen (secondary N) is 1. The summed E-state index contributed by atoms with van der Waals surface area (Å²) in [6, 6.07) is 15.3. The minimum Gasteiger partial charge on any atom is -0.436 e. The van der Waals surface area contributed by atoms with Crippen LogP contribution < -0.4 is 15.0 Å². The maximum Gasteiger partial charge on any atom is 0.263 e. The Morgan fingerprint density at radius 2 is 1.77 bits per heavy atom. The van der Waals surface area contributed by atoms with Crippen molar-refractivity contribution in [3.8, 4) is 11.6 Å². The summed E-state index contributed by atoms with van der Waals surface area (Å²) < 4.78 is 5.99. The zero-order valence-electron chi connectivity index (χ0n) is 17.3. The minimum absolute atomic E-state index is 0.119. The van der Waals surface area contributed by atoms with Crippen LogP contribution >= 0.6 is 23.5 Å². The van der Waals surface area contributed by atoms with Crippen molar-refractivity contribution in [3.63, 3.8) is 0 Å². The Kier molecular flexibility index (Phi) is 7.32. The molecule has 160 valence electrons. The molecular formula is C23H24N4O2S2. The Hall–Kier alpha value is -2.71. The molecule has 1 saturated heterocycles. The first kappa shape index (κ1) is 21.5. The maximum atomic E-state index is 12.5. The van der Waals surface area contributed by atoms with Gasteiger partial charge in [0.2, 0.25) is 0 Å².